The molecule has 1 saturated heterocycles. The summed E-state index contributed by atoms with van der Waals surface area (Å²) < 4.78 is 0. The molecule has 1 heterocycles. The summed E-state index contributed by atoms with van der Waals surface area (Å²) in [6, 6.07) is 12.0. The summed E-state index contributed by atoms with van der Waals surface area (Å²) in [7, 11) is 0. The molecule has 0 aromatic heterocycles. The number of rotatable bonds is 2. The van der Waals surface area contributed by atoms with Gasteiger partial charge >= 0.3 is 0 Å². The fourth-order valence-electron chi connectivity index (χ4n) is 2.53. The molecule has 1 fully saturated rings. The number of benzene rings is 1. The van der Waals surface area contributed by atoms with Crippen LogP contribution in [0.1, 0.15) is 31.9 Å². The number of hydrogen-bond acceptors (Lipinski definition) is 2. The smallest absolute Gasteiger partial charge is 0.0323 e. The van der Waals surface area contributed by atoms with E-state index in [1.807, 2.05) is 0 Å². The molecule has 0 unspecified atom stereocenters. The molecule has 0 bridgehead atoms. The SMILES string of the molecule is C[C@@H]1CCNCCN1[C@H](C)c1ccccc1. The minimum absolute atomic E-state index is 0.524. The van der Waals surface area contributed by atoms with E-state index in [9.17, 15) is 0 Å². The molecule has 1 N–H and O–H groups in total. The van der Waals surface area contributed by atoms with Gasteiger partial charge in [0.15, 0.2) is 0 Å². The van der Waals surface area contributed by atoms with Crippen LogP contribution in [-0.2, 0) is 0 Å². The third-order valence-electron chi connectivity index (χ3n) is 3.63. The summed E-state index contributed by atoms with van der Waals surface area (Å²) in [4.78, 5) is 2.61. The summed E-state index contributed by atoms with van der Waals surface area (Å²) in [6.07, 6.45) is 1.25. The molecule has 2 rings (SSSR count). The Labute approximate surface area is 98.7 Å². The van der Waals surface area contributed by atoms with Gasteiger partial charge in [-0.1, -0.05) is 30.3 Å². The van der Waals surface area contributed by atoms with Gasteiger partial charge in [-0.25, -0.2) is 0 Å². The van der Waals surface area contributed by atoms with Crippen LogP contribution in [0.25, 0.3) is 0 Å². The van der Waals surface area contributed by atoms with Gasteiger partial charge in [0.2, 0.25) is 0 Å². The van der Waals surface area contributed by atoms with Crippen LogP contribution in [0.5, 0.6) is 0 Å². The molecule has 1 aliphatic rings. The normalized spacial score (nSPS) is 25.0. The standard InChI is InChI=1S/C14H22N2/c1-12-8-9-15-10-11-16(12)13(2)14-6-4-3-5-7-14/h3-7,12-13,15H,8-11H2,1-2H3/t12-,13-/m1/s1. The molecular weight excluding hydrogens is 196 g/mol. The molecule has 1 aromatic carbocycles. The highest BCUT2D eigenvalue weighted by atomic mass is 15.2. The first-order chi connectivity index (χ1) is 7.79. The lowest BCUT2D eigenvalue weighted by Crippen LogP contribution is -2.36. The summed E-state index contributed by atoms with van der Waals surface area (Å²) in [5.74, 6) is 0. The molecule has 1 aliphatic heterocycles. The molecule has 0 radical (unpaired) electrons. The molecule has 88 valence electrons. The van der Waals surface area contributed by atoms with Crippen LogP contribution in [0.15, 0.2) is 30.3 Å². The second-order valence-electron chi connectivity index (χ2n) is 4.71. The maximum atomic E-state index is 3.47. The number of nitrogens with one attached hydrogen (secondary N) is 1. The van der Waals surface area contributed by atoms with E-state index in [4.69, 9.17) is 0 Å². The molecule has 1 aromatic rings. The van der Waals surface area contributed by atoms with Crippen molar-refractivity contribution < 1.29 is 0 Å². The van der Waals surface area contributed by atoms with E-state index in [2.05, 4.69) is 54.4 Å². The predicted molar refractivity (Wildman–Crippen MR) is 68.5 cm³/mol. The van der Waals surface area contributed by atoms with Gasteiger partial charge in [0.1, 0.15) is 0 Å². The Morgan fingerprint density at radius 2 is 2.00 bits per heavy atom. The zero-order valence-corrected chi connectivity index (χ0v) is 10.3. The van der Waals surface area contributed by atoms with Gasteiger partial charge in [-0.05, 0) is 32.4 Å². The van der Waals surface area contributed by atoms with Crippen molar-refractivity contribution >= 4 is 0 Å². The van der Waals surface area contributed by atoms with Crippen LogP contribution in [0.4, 0.5) is 0 Å². The Hall–Kier alpha value is -0.860. The molecule has 0 amide bonds. The number of hydrogen-bond donors (Lipinski definition) is 1. The summed E-state index contributed by atoms with van der Waals surface area (Å²) in [6.45, 7) is 8.07. The maximum Gasteiger partial charge on any atom is 0.0323 e. The van der Waals surface area contributed by atoms with Crippen molar-refractivity contribution in [1.29, 1.82) is 0 Å². The minimum atomic E-state index is 0.524. The molecule has 2 heteroatoms. The third kappa shape index (κ3) is 2.63. The molecule has 2 atom stereocenters. The predicted octanol–water partition coefficient (Wildman–Crippen LogP) is 2.43. The first-order valence-electron chi connectivity index (χ1n) is 6.30. The minimum Gasteiger partial charge on any atom is -0.315 e. The quantitative estimate of drug-likeness (QED) is 0.820. The van der Waals surface area contributed by atoms with Crippen molar-refractivity contribution in [3.05, 3.63) is 35.9 Å². The maximum absolute atomic E-state index is 3.47. The van der Waals surface area contributed by atoms with Crippen LogP contribution < -0.4 is 5.32 Å². The first kappa shape index (κ1) is 11.6. The second kappa shape index (κ2) is 5.46. The Balaban J connectivity index is 2.10. The lowest BCUT2D eigenvalue weighted by molar-refractivity contribution is 0.163. The molecule has 16 heavy (non-hydrogen) atoms. The molecule has 0 saturated carbocycles. The van der Waals surface area contributed by atoms with Crippen LogP contribution in [0, 0.1) is 0 Å². The fourth-order valence-corrected chi connectivity index (χ4v) is 2.53. The van der Waals surface area contributed by atoms with Crippen LogP contribution in [-0.4, -0.2) is 30.6 Å². The van der Waals surface area contributed by atoms with Crippen molar-refractivity contribution in [2.45, 2.75) is 32.4 Å². The molecule has 0 spiro atoms. The molecule has 0 aliphatic carbocycles. The van der Waals surface area contributed by atoms with E-state index in [1.54, 1.807) is 0 Å². The van der Waals surface area contributed by atoms with E-state index in [-0.39, 0.29) is 0 Å². The Kier molecular flexibility index (Phi) is 3.97. The van der Waals surface area contributed by atoms with Crippen molar-refractivity contribution in [2.24, 2.45) is 0 Å². The van der Waals surface area contributed by atoms with Gasteiger partial charge < -0.3 is 5.32 Å². The van der Waals surface area contributed by atoms with Gasteiger partial charge in [0, 0.05) is 25.2 Å². The molecule has 2 nitrogen and oxygen atoms in total. The van der Waals surface area contributed by atoms with Crippen LogP contribution in [0.3, 0.4) is 0 Å². The van der Waals surface area contributed by atoms with Gasteiger partial charge in [0.25, 0.3) is 0 Å². The third-order valence-corrected chi connectivity index (χ3v) is 3.63. The van der Waals surface area contributed by atoms with E-state index in [0.717, 1.165) is 19.6 Å². The average molecular weight is 218 g/mol. The van der Waals surface area contributed by atoms with Crippen molar-refractivity contribution in [3.63, 3.8) is 0 Å². The zero-order chi connectivity index (χ0) is 11.4. The zero-order valence-electron chi connectivity index (χ0n) is 10.3. The lowest BCUT2D eigenvalue weighted by Gasteiger charge is -2.33. The Morgan fingerprint density at radius 1 is 1.25 bits per heavy atom. The lowest BCUT2D eigenvalue weighted by atomic mass is 10.0. The highest BCUT2D eigenvalue weighted by Crippen LogP contribution is 2.23. The van der Waals surface area contributed by atoms with Crippen molar-refractivity contribution in [1.82, 2.24) is 10.2 Å². The van der Waals surface area contributed by atoms with Gasteiger partial charge in [0.05, 0.1) is 0 Å². The Bertz CT molecular complexity index is 310. The first-order valence-corrected chi connectivity index (χ1v) is 6.30. The topological polar surface area (TPSA) is 15.3 Å². The molecular formula is C14H22N2. The van der Waals surface area contributed by atoms with E-state index < -0.39 is 0 Å². The van der Waals surface area contributed by atoms with E-state index >= 15 is 0 Å². The van der Waals surface area contributed by atoms with Crippen LogP contribution >= 0.6 is 0 Å². The Morgan fingerprint density at radius 3 is 2.75 bits per heavy atom. The number of nitrogens with zero attached hydrogens (tertiary/aromatic N) is 1. The summed E-state index contributed by atoms with van der Waals surface area (Å²) >= 11 is 0. The van der Waals surface area contributed by atoms with Gasteiger partial charge in [-0.2, -0.15) is 0 Å². The van der Waals surface area contributed by atoms with Crippen molar-refractivity contribution in [3.8, 4) is 0 Å². The van der Waals surface area contributed by atoms with E-state index in [1.165, 1.54) is 12.0 Å². The highest BCUT2D eigenvalue weighted by molar-refractivity contribution is 5.18. The van der Waals surface area contributed by atoms with Crippen LogP contribution in [0.2, 0.25) is 0 Å². The fraction of sp³-hybridized carbons (Fsp3) is 0.571. The van der Waals surface area contributed by atoms with Gasteiger partial charge in [-0.3, -0.25) is 4.90 Å². The average Bonchev–Trinajstić information content (AvgIpc) is 2.54. The van der Waals surface area contributed by atoms with Gasteiger partial charge in [-0.15, -0.1) is 0 Å². The highest BCUT2D eigenvalue weighted by Gasteiger charge is 2.22. The van der Waals surface area contributed by atoms with Crippen molar-refractivity contribution in [2.75, 3.05) is 19.6 Å². The largest absolute Gasteiger partial charge is 0.315 e. The van der Waals surface area contributed by atoms with E-state index in [0.29, 0.717) is 12.1 Å². The summed E-state index contributed by atoms with van der Waals surface area (Å²) in [5.41, 5.74) is 1.43. The summed E-state index contributed by atoms with van der Waals surface area (Å²) in [5, 5.41) is 3.47. The monoisotopic (exact) mass is 218 g/mol. The second-order valence-corrected chi connectivity index (χ2v) is 4.71.